The van der Waals surface area contributed by atoms with Crippen molar-refractivity contribution >= 4 is 17.6 Å². The monoisotopic (exact) mass is 374 g/mol. The highest BCUT2D eigenvalue weighted by molar-refractivity contribution is 6.08. The predicted octanol–water partition coefficient (Wildman–Crippen LogP) is 2.07. The standard InChI is InChI=1S/C20H26N2O5/c1-26-20(25)15-13-22(11-12-23)19(24)18(15)21-16-9-5-6-10-17(16)27-14-7-3-2-4-8-14/h5-6,9-10,14,21,23H,2-4,7-8,11-13H2,1H3. The van der Waals surface area contributed by atoms with Crippen molar-refractivity contribution in [1.29, 1.82) is 0 Å². The number of benzene rings is 1. The van der Waals surface area contributed by atoms with Gasteiger partial charge in [-0.1, -0.05) is 18.6 Å². The smallest absolute Gasteiger partial charge is 0.337 e. The van der Waals surface area contributed by atoms with E-state index >= 15 is 0 Å². The molecule has 0 atom stereocenters. The number of para-hydroxylation sites is 2. The van der Waals surface area contributed by atoms with Gasteiger partial charge in [-0.05, 0) is 37.8 Å². The lowest BCUT2D eigenvalue weighted by atomic mass is 9.98. The van der Waals surface area contributed by atoms with Gasteiger partial charge in [0.2, 0.25) is 0 Å². The number of hydrogen-bond acceptors (Lipinski definition) is 6. The number of ether oxygens (including phenoxy) is 2. The summed E-state index contributed by atoms with van der Waals surface area (Å²) in [5.74, 6) is -0.233. The number of rotatable bonds is 7. The lowest BCUT2D eigenvalue weighted by Gasteiger charge is -2.24. The number of aliphatic hydroxyl groups is 1. The highest BCUT2D eigenvalue weighted by Crippen LogP contribution is 2.32. The number of carbonyl (C=O) groups excluding carboxylic acids is 2. The number of esters is 1. The topological polar surface area (TPSA) is 88.1 Å². The zero-order chi connectivity index (χ0) is 19.2. The molecule has 7 heteroatoms. The molecule has 146 valence electrons. The lowest BCUT2D eigenvalue weighted by Crippen LogP contribution is -2.31. The Labute approximate surface area is 158 Å². The van der Waals surface area contributed by atoms with Crippen LogP contribution in [0.3, 0.4) is 0 Å². The Morgan fingerprint density at radius 1 is 1.26 bits per heavy atom. The molecule has 2 aliphatic rings. The maximum atomic E-state index is 12.7. The Kier molecular flexibility index (Phi) is 6.34. The molecule has 1 aromatic carbocycles. The van der Waals surface area contributed by atoms with Crippen molar-refractivity contribution in [3.8, 4) is 5.75 Å². The normalized spacial score (nSPS) is 18.0. The van der Waals surface area contributed by atoms with Gasteiger partial charge in [0.05, 0.1) is 37.6 Å². The van der Waals surface area contributed by atoms with E-state index in [0.717, 1.165) is 25.7 Å². The molecule has 0 unspecified atom stereocenters. The largest absolute Gasteiger partial charge is 0.488 e. The summed E-state index contributed by atoms with van der Waals surface area (Å²) in [7, 11) is 1.28. The van der Waals surface area contributed by atoms with Gasteiger partial charge in [0.25, 0.3) is 5.91 Å². The van der Waals surface area contributed by atoms with Gasteiger partial charge in [-0.25, -0.2) is 4.79 Å². The minimum atomic E-state index is -0.558. The second kappa shape index (κ2) is 8.90. The average molecular weight is 374 g/mol. The number of β-amino-alcohol motifs (C(OH)–C–C–N with tert-alkyl or cyclic N) is 1. The fourth-order valence-corrected chi connectivity index (χ4v) is 3.52. The SMILES string of the molecule is COC(=O)C1=C(Nc2ccccc2OC2CCCCC2)C(=O)N(CCO)C1. The Morgan fingerprint density at radius 2 is 2.00 bits per heavy atom. The van der Waals surface area contributed by atoms with Gasteiger partial charge in [-0.15, -0.1) is 0 Å². The summed E-state index contributed by atoms with van der Waals surface area (Å²) in [6.07, 6.45) is 5.77. The molecule has 2 N–H and O–H groups in total. The molecule has 1 saturated carbocycles. The van der Waals surface area contributed by atoms with E-state index in [2.05, 4.69) is 5.32 Å². The molecule has 1 amide bonds. The highest BCUT2D eigenvalue weighted by Gasteiger charge is 2.34. The molecule has 1 heterocycles. The molecule has 0 bridgehead atoms. The van der Waals surface area contributed by atoms with Crippen LogP contribution in [0.1, 0.15) is 32.1 Å². The number of anilines is 1. The fourth-order valence-electron chi connectivity index (χ4n) is 3.52. The molecule has 0 spiro atoms. The third-order valence-electron chi connectivity index (χ3n) is 4.95. The fraction of sp³-hybridized carbons (Fsp3) is 0.500. The average Bonchev–Trinajstić information content (AvgIpc) is 3.00. The summed E-state index contributed by atoms with van der Waals surface area (Å²) in [6.45, 7) is 0.0969. The third-order valence-corrected chi connectivity index (χ3v) is 4.95. The predicted molar refractivity (Wildman–Crippen MR) is 100 cm³/mol. The van der Waals surface area contributed by atoms with Crippen LogP contribution in [0.25, 0.3) is 0 Å². The number of nitrogens with one attached hydrogen (secondary N) is 1. The molecule has 1 aliphatic carbocycles. The molecule has 0 saturated heterocycles. The Morgan fingerprint density at radius 3 is 2.70 bits per heavy atom. The van der Waals surface area contributed by atoms with Gasteiger partial charge in [-0.3, -0.25) is 4.79 Å². The van der Waals surface area contributed by atoms with Crippen LogP contribution in [0.4, 0.5) is 5.69 Å². The van der Waals surface area contributed by atoms with Crippen molar-refractivity contribution in [2.45, 2.75) is 38.2 Å². The first kappa shape index (κ1) is 19.2. The van der Waals surface area contributed by atoms with Crippen LogP contribution in [0.2, 0.25) is 0 Å². The van der Waals surface area contributed by atoms with Crippen LogP contribution in [-0.4, -0.2) is 54.8 Å². The first-order chi connectivity index (χ1) is 13.1. The molecular formula is C20H26N2O5. The van der Waals surface area contributed by atoms with Crippen molar-refractivity contribution in [3.63, 3.8) is 0 Å². The molecular weight excluding hydrogens is 348 g/mol. The van der Waals surface area contributed by atoms with E-state index in [9.17, 15) is 9.59 Å². The maximum Gasteiger partial charge on any atom is 0.337 e. The van der Waals surface area contributed by atoms with Gasteiger partial charge < -0.3 is 24.8 Å². The summed E-state index contributed by atoms with van der Waals surface area (Å²) >= 11 is 0. The zero-order valence-corrected chi connectivity index (χ0v) is 15.6. The molecule has 7 nitrogen and oxygen atoms in total. The maximum absolute atomic E-state index is 12.7. The summed E-state index contributed by atoms with van der Waals surface area (Å²) in [4.78, 5) is 26.2. The second-order valence-electron chi connectivity index (χ2n) is 6.79. The van der Waals surface area contributed by atoms with E-state index in [1.807, 2.05) is 24.3 Å². The number of hydrogen-bond donors (Lipinski definition) is 2. The van der Waals surface area contributed by atoms with Gasteiger partial charge in [0.1, 0.15) is 11.4 Å². The molecule has 27 heavy (non-hydrogen) atoms. The second-order valence-corrected chi connectivity index (χ2v) is 6.79. The first-order valence-electron chi connectivity index (χ1n) is 9.38. The summed E-state index contributed by atoms with van der Waals surface area (Å²) in [5.41, 5.74) is 1.07. The van der Waals surface area contributed by atoms with E-state index in [-0.39, 0.29) is 43.0 Å². The molecule has 0 radical (unpaired) electrons. The minimum absolute atomic E-state index is 0.111. The Balaban J connectivity index is 1.83. The minimum Gasteiger partial charge on any atom is -0.488 e. The van der Waals surface area contributed by atoms with Crippen LogP contribution in [-0.2, 0) is 14.3 Å². The lowest BCUT2D eigenvalue weighted by molar-refractivity contribution is -0.136. The molecule has 1 aromatic rings. The van der Waals surface area contributed by atoms with Crippen LogP contribution in [0, 0.1) is 0 Å². The molecule has 1 fully saturated rings. The highest BCUT2D eigenvalue weighted by atomic mass is 16.5. The zero-order valence-electron chi connectivity index (χ0n) is 15.6. The number of methoxy groups -OCH3 is 1. The quantitative estimate of drug-likeness (QED) is 0.711. The molecule has 3 rings (SSSR count). The van der Waals surface area contributed by atoms with E-state index in [4.69, 9.17) is 14.6 Å². The van der Waals surface area contributed by atoms with Crippen LogP contribution in [0.5, 0.6) is 5.75 Å². The summed E-state index contributed by atoms with van der Waals surface area (Å²) in [6, 6.07) is 7.41. The van der Waals surface area contributed by atoms with Gasteiger partial charge >= 0.3 is 5.97 Å². The number of amides is 1. The number of aliphatic hydroxyl groups excluding tert-OH is 1. The van der Waals surface area contributed by atoms with E-state index in [1.54, 1.807) is 0 Å². The Bertz CT molecular complexity index is 725. The van der Waals surface area contributed by atoms with Crippen LogP contribution >= 0.6 is 0 Å². The van der Waals surface area contributed by atoms with Gasteiger partial charge in [0.15, 0.2) is 0 Å². The van der Waals surface area contributed by atoms with E-state index in [0.29, 0.717) is 11.4 Å². The van der Waals surface area contributed by atoms with Crippen molar-refractivity contribution in [1.82, 2.24) is 4.90 Å². The molecule has 1 aliphatic heterocycles. The van der Waals surface area contributed by atoms with Crippen molar-refractivity contribution in [2.75, 3.05) is 32.1 Å². The van der Waals surface area contributed by atoms with Crippen molar-refractivity contribution in [2.24, 2.45) is 0 Å². The third kappa shape index (κ3) is 4.42. The summed E-state index contributed by atoms with van der Waals surface area (Å²) in [5, 5.41) is 12.2. The number of carbonyl (C=O) groups is 2. The Hall–Kier alpha value is -2.54. The molecule has 0 aromatic heterocycles. The van der Waals surface area contributed by atoms with Crippen LogP contribution in [0.15, 0.2) is 35.5 Å². The first-order valence-corrected chi connectivity index (χ1v) is 9.38. The van der Waals surface area contributed by atoms with E-state index < -0.39 is 5.97 Å². The van der Waals surface area contributed by atoms with Crippen molar-refractivity contribution in [3.05, 3.63) is 35.5 Å². The summed E-state index contributed by atoms with van der Waals surface area (Å²) < 4.78 is 11.0. The van der Waals surface area contributed by atoms with Gasteiger partial charge in [-0.2, -0.15) is 0 Å². The number of nitrogens with zero attached hydrogens (tertiary/aromatic N) is 1. The van der Waals surface area contributed by atoms with Crippen molar-refractivity contribution < 1.29 is 24.2 Å². The van der Waals surface area contributed by atoms with Gasteiger partial charge in [0, 0.05) is 6.54 Å². The van der Waals surface area contributed by atoms with E-state index in [1.165, 1.54) is 18.4 Å². The van der Waals surface area contributed by atoms with Crippen LogP contribution < -0.4 is 10.1 Å².